The number of hydrogen-bond donors (Lipinski definition) is 0. The minimum absolute atomic E-state index is 0.0436. The first-order valence-electron chi connectivity index (χ1n) is 11.0. The van der Waals surface area contributed by atoms with E-state index in [1.165, 1.54) is 12.1 Å². The van der Waals surface area contributed by atoms with Crippen LogP contribution in [0.2, 0.25) is 5.02 Å². The molecule has 6 nitrogen and oxygen atoms in total. The molecular weight excluding hydrogens is 472 g/mol. The van der Waals surface area contributed by atoms with Crippen molar-refractivity contribution in [2.45, 2.75) is 43.7 Å². The van der Waals surface area contributed by atoms with Crippen molar-refractivity contribution in [2.24, 2.45) is 0 Å². The summed E-state index contributed by atoms with van der Waals surface area (Å²) in [5.74, 6) is -0.720. The lowest BCUT2D eigenvalue weighted by molar-refractivity contribution is -0.122. The van der Waals surface area contributed by atoms with Crippen molar-refractivity contribution < 1.29 is 18.0 Å². The highest BCUT2D eigenvalue weighted by molar-refractivity contribution is 7.89. The third-order valence-corrected chi connectivity index (χ3v) is 8.16. The standard InChI is InChI=1S/C26H25ClN2O4S/c1-18(2)19-12-14-21(15-13-19)29-25(30)16-24(26(29)31)28(17-20-8-6-7-11-23(20)27)34(32,33)22-9-4-3-5-10-22/h3-15,18,24H,16-17H2,1-2H3. The fourth-order valence-corrected chi connectivity index (χ4v) is 5.78. The molecule has 0 aromatic heterocycles. The topological polar surface area (TPSA) is 74.8 Å². The lowest BCUT2D eigenvalue weighted by Gasteiger charge is -2.27. The Bertz CT molecular complexity index is 1310. The van der Waals surface area contributed by atoms with Crippen LogP contribution >= 0.6 is 11.6 Å². The number of carbonyl (C=O) groups is 2. The molecule has 3 aromatic carbocycles. The average molecular weight is 497 g/mol. The van der Waals surface area contributed by atoms with Gasteiger partial charge < -0.3 is 0 Å². The van der Waals surface area contributed by atoms with Crippen LogP contribution in [0.15, 0.2) is 83.8 Å². The van der Waals surface area contributed by atoms with Crippen molar-refractivity contribution in [2.75, 3.05) is 4.90 Å². The molecule has 2 amide bonds. The van der Waals surface area contributed by atoms with E-state index in [4.69, 9.17) is 11.6 Å². The number of halogens is 1. The van der Waals surface area contributed by atoms with Crippen LogP contribution in [0.25, 0.3) is 0 Å². The van der Waals surface area contributed by atoms with Gasteiger partial charge >= 0.3 is 0 Å². The molecule has 0 N–H and O–H groups in total. The highest BCUT2D eigenvalue weighted by Crippen LogP contribution is 2.32. The summed E-state index contributed by atoms with van der Waals surface area (Å²) in [4.78, 5) is 27.6. The monoisotopic (exact) mass is 496 g/mol. The number of nitrogens with zero attached hydrogens (tertiary/aromatic N) is 2. The van der Waals surface area contributed by atoms with E-state index >= 15 is 0 Å². The van der Waals surface area contributed by atoms with E-state index in [1.807, 2.05) is 12.1 Å². The van der Waals surface area contributed by atoms with Crippen LogP contribution in [0.5, 0.6) is 0 Å². The maximum atomic E-state index is 13.7. The van der Waals surface area contributed by atoms with Gasteiger partial charge in [0, 0.05) is 11.6 Å². The zero-order chi connectivity index (χ0) is 24.5. The number of sulfonamides is 1. The number of rotatable bonds is 7. The molecule has 0 radical (unpaired) electrons. The van der Waals surface area contributed by atoms with Crippen LogP contribution in [0.1, 0.15) is 37.3 Å². The molecule has 1 fully saturated rings. The summed E-state index contributed by atoms with van der Waals surface area (Å²) < 4.78 is 28.4. The molecule has 8 heteroatoms. The zero-order valence-corrected chi connectivity index (χ0v) is 20.5. The Morgan fingerprint density at radius 1 is 0.941 bits per heavy atom. The summed E-state index contributed by atoms with van der Waals surface area (Å²) in [6.07, 6.45) is -0.249. The largest absolute Gasteiger partial charge is 0.274 e. The quantitative estimate of drug-likeness (QED) is 0.432. The molecular formula is C26H25ClN2O4S. The Hall–Kier alpha value is -3.00. The second-order valence-electron chi connectivity index (χ2n) is 8.49. The molecule has 1 unspecified atom stereocenters. The van der Waals surface area contributed by atoms with E-state index in [1.54, 1.807) is 54.6 Å². The maximum Gasteiger partial charge on any atom is 0.252 e. The van der Waals surface area contributed by atoms with Gasteiger partial charge in [0.05, 0.1) is 17.0 Å². The highest BCUT2D eigenvalue weighted by Gasteiger charge is 2.47. The van der Waals surface area contributed by atoms with Gasteiger partial charge in [0.1, 0.15) is 6.04 Å². The Morgan fingerprint density at radius 3 is 2.18 bits per heavy atom. The van der Waals surface area contributed by atoms with Crippen LogP contribution in [-0.4, -0.2) is 30.6 Å². The van der Waals surface area contributed by atoms with E-state index in [2.05, 4.69) is 13.8 Å². The molecule has 0 bridgehead atoms. The number of amides is 2. The molecule has 0 saturated carbocycles. The first-order chi connectivity index (χ1) is 16.2. The van der Waals surface area contributed by atoms with Crippen LogP contribution in [0.4, 0.5) is 5.69 Å². The summed E-state index contributed by atoms with van der Waals surface area (Å²) >= 11 is 6.32. The number of imide groups is 1. The normalized spacial score (nSPS) is 16.6. The molecule has 176 valence electrons. The zero-order valence-electron chi connectivity index (χ0n) is 18.9. The number of hydrogen-bond acceptors (Lipinski definition) is 4. The van der Waals surface area contributed by atoms with E-state index < -0.39 is 27.9 Å². The molecule has 0 spiro atoms. The molecule has 1 aliphatic rings. The van der Waals surface area contributed by atoms with Gasteiger partial charge in [0.15, 0.2) is 0 Å². The average Bonchev–Trinajstić information content (AvgIpc) is 3.12. The molecule has 34 heavy (non-hydrogen) atoms. The van der Waals surface area contributed by atoms with Crippen molar-refractivity contribution in [3.05, 3.63) is 95.0 Å². The van der Waals surface area contributed by atoms with Crippen LogP contribution in [-0.2, 0) is 26.2 Å². The number of carbonyl (C=O) groups excluding carboxylic acids is 2. The molecule has 0 aliphatic carbocycles. The molecule has 4 rings (SSSR count). The van der Waals surface area contributed by atoms with Crippen molar-refractivity contribution in [3.8, 4) is 0 Å². The smallest absolute Gasteiger partial charge is 0.252 e. The van der Waals surface area contributed by atoms with E-state index in [0.717, 1.165) is 14.8 Å². The van der Waals surface area contributed by atoms with Crippen molar-refractivity contribution >= 4 is 39.1 Å². The van der Waals surface area contributed by atoms with E-state index in [9.17, 15) is 18.0 Å². The van der Waals surface area contributed by atoms with Gasteiger partial charge in [0.25, 0.3) is 5.91 Å². The first-order valence-corrected chi connectivity index (χ1v) is 12.8. The first kappa shape index (κ1) is 24.1. The van der Waals surface area contributed by atoms with E-state index in [0.29, 0.717) is 22.2 Å². The van der Waals surface area contributed by atoms with Crippen molar-refractivity contribution in [1.82, 2.24) is 4.31 Å². The number of anilines is 1. The van der Waals surface area contributed by atoms with Gasteiger partial charge in [-0.2, -0.15) is 4.31 Å². The SMILES string of the molecule is CC(C)c1ccc(N2C(=O)CC(N(Cc3ccccc3Cl)S(=O)(=O)c3ccccc3)C2=O)cc1. The second-order valence-corrected chi connectivity index (χ2v) is 10.8. The fraction of sp³-hybridized carbons (Fsp3) is 0.231. The maximum absolute atomic E-state index is 13.7. The van der Waals surface area contributed by atoms with Gasteiger partial charge in [0.2, 0.25) is 15.9 Å². The van der Waals surface area contributed by atoms with E-state index in [-0.39, 0.29) is 17.9 Å². The van der Waals surface area contributed by atoms with Gasteiger partial charge in [-0.1, -0.05) is 74.0 Å². The molecule has 1 atom stereocenters. The van der Waals surface area contributed by atoms with Crippen molar-refractivity contribution in [1.29, 1.82) is 0 Å². The summed E-state index contributed by atoms with van der Waals surface area (Å²) in [6, 6.07) is 20.7. The highest BCUT2D eigenvalue weighted by atomic mass is 35.5. The minimum atomic E-state index is -4.10. The number of benzene rings is 3. The Labute approximate surface area is 204 Å². The van der Waals surface area contributed by atoms with Crippen LogP contribution in [0.3, 0.4) is 0 Å². The Kier molecular flexibility index (Phi) is 6.89. The molecule has 1 saturated heterocycles. The Morgan fingerprint density at radius 2 is 1.56 bits per heavy atom. The molecule has 3 aromatic rings. The molecule has 1 aliphatic heterocycles. The Balaban J connectivity index is 1.73. The van der Waals surface area contributed by atoms with Gasteiger partial charge in [-0.3, -0.25) is 9.59 Å². The predicted octanol–water partition coefficient (Wildman–Crippen LogP) is 4.99. The lowest BCUT2D eigenvalue weighted by atomic mass is 10.0. The minimum Gasteiger partial charge on any atom is -0.274 e. The fourth-order valence-electron chi connectivity index (χ4n) is 4.01. The summed E-state index contributed by atoms with van der Waals surface area (Å²) in [5.41, 5.74) is 2.05. The predicted molar refractivity (Wildman–Crippen MR) is 132 cm³/mol. The van der Waals surface area contributed by atoms with Gasteiger partial charge in [-0.15, -0.1) is 0 Å². The second kappa shape index (κ2) is 9.70. The van der Waals surface area contributed by atoms with Crippen LogP contribution < -0.4 is 4.90 Å². The van der Waals surface area contributed by atoms with Gasteiger partial charge in [-0.25, -0.2) is 13.3 Å². The van der Waals surface area contributed by atoms with Crippen LogP contribution in [0, 0.1) is 0 Å². The molecule has 1 heterocycles. The summed E-state index contributed by atoms with van der Waals surface area (Å²) in [6.45, 7) is 3.97. The third-order valence-electron chi connectivity index (χ3n) is 5.92. The summed E-state index contributed by atoms with van der Waals surface area (Å²) in [5, 5.41) is 0.383. The summed E-state index contributed by atoms with van der Waals surface area (Å²) in [7, 11) is -4.10. The van der Waals surface area contributed by atoms with Crippen molar-refractivity contribution in [3.63, 3.8) is 0 Å². The third kappa shape index (κ3) is 4.64. The van der Waals surface area contributed by atoms with Gasteiger partial charge in [-0.05, 0) is 47.4 Å². The lowest BCUT2D eigenvalue weighted by Crippen LogP contribution is -2.45.